The molecule has 0 saturated carbocycles. The summed E-state index contributed by atoms with van der Waals surface area (Å²) in [5.41, 5.74) is 0.880. The van der Waals surface area contributed by atoms with Crippen LogP contribution in [0.25, 0.3) is 0 Å². The molecular weight excluding hydrogens is 427 g/mol. The van der Waals surface area contributed by atoms with Crippen molar-refractivity contribution < 1.29 is 22.7 Å². The van der Waals surface area contributed by atoms with Crippen molar-refractivity contribution in [2.75, 3.05) is 29.5 Å². The van der Waals surface area contributed by atoms with E-state index in [0.29, 0.717) is 5.69 Å². The number of esters is 1. The normalized spacial score (nSPS) is 11.0. The van der Waals surface area contributed by atoms with Gasteiger partial charge in [0.1, 0.15) is 0 Å². The molecule has 0 atom stereocenters. The van der Waals surface area contributed by atoms with Gasteiger partial charge in [-0.1, -0.05) is 23.2 Å². The molecule has 2 aromatic rings. The van der Waals surface area contributed by atoms with Crippen molar-refractivity contribution in [1.29, 1.82) is 0 Å². The molecule has 0 aliphatic carbocycles. The zero-order valence-electron chi connectivity index (χ0n) is 15.3. The van der Waals surface area contributed by atoms with Crippen LogP contribution in [0.1, 0.15) is 27.6 Å². The number of nitrogens with zero attached hydrogens (tertiary/aromatic N) is 1. The minimum Gasteiger partial charge on any atom is -0.462 e. The van der Waals surface area contributed by atoms with Crippen molar-refractivity contribution in [2.24, 2.45) is 0 Å². The van der Waals surface area contributed by atoms with E-state index in [1.165, 1.54) is 43.4 Å². The number of hydrogen-bond acceptors (Lipinski definition) is 5. The molecule has 0 radical (unpaired) electrons. The third-order valence-electron chi connectivity index (χ3n) is 3.78. The molecule has 2 rings (SSSR count). The van der Waals surface area contributed by atoms with Crippen molar-refractivity contribution >= 4 is 56.5 Å². The number of halogens is 2. The number of amides is 1. The lowest BCUT2D eigenvalue weighted by Crippen LogP contribution is -2.25. The minimum atomic E-state index is -3.50. The standard InChI is InChI=1S/C18H18Cl2N2O5S/c1-4-27-18(24)13-7-5-11(9-16(13)20)21-17(23)14-10-12(6-8-15(14)19)22(2)28(3,25)26/h5-10H,4H2,1-3H3,(H,21,23). The molecule has 28 heavy (non-hydrogen) atoms. The molecule has 0 saturated heterocycles. The van der Waals surface area contributed by atoms with E-state index < -0.39 is 21.9 Å². The van der Waals surface area contributed by atoms with Crippen LogP contribution >= 0.6 is 23.2 Å². The Morgan fingerprint density at radius 3 is 2.32 bits per heavy atom. The number of rotatable bonds is 6. The second-order valence-corrected chi connectivity index (χ2v) is 8.59. The summed E-state index contributed by atoms with van der Waals surface area (Å²) in [5, 5.41) is 2.88. The van der Waals surface area contributed by atoms with Crippen LogP contribution in [0.5, 0.6) is 0 Å². The number of anilines is 2. The Bertz CT molecular complexity index is 1020. The molecule has 0 fully saturated rings. The van der Waals surface area contributed by atoms with Crippen LogP contribution < -0.4 is 9.62 Å². The van der Waals surface area contributed by atoms with Crippen LogP contribution in [0, 0.1) is 0 Å². The van der Waals surface area contributed by atoms with E-state index in [-0.39, 0.29) is 33.5 Å². The fourth-order valence-corrected chi connectivity index (χ4v) is 3.20. The molecule has 0 bridgehead atoms. The van der Waals surface area contributed by atoms with E-state index in [0.717, 1.165) is 10.6 Å². The highest BCUT2D eigenvalue weighted by atomic mass is 35.5. The van der Waals surface area contributed by atoms with Crippen molar-refractivity contribution in [3.8, 4) is 0 Å². The lowest BCUT2D eigenvalue weighted by atomic mass is 10.1. The van der Waals surface area contributed by atoms with Crippen LogP contribution in [0.2, 0.25) is 10.0 Å². The summed E-state index contributed by atoms with van der Waals surface area (Å²) in [6.45, 7) is 1.89. The van der Waals surface area contributed by atoms with Crippen LogP contribution in [-0.2, 0) is 14.8 Å². The van der Waals surface area contributed by atoms with Crippen molar-refractivity contribution in [1.82, 2.24) is 0 Å². The molecule has 1 N–H and O–H groups in total. The van der Waals surface area contributed by atoms with Gasteiger partial charge in [-0.15, -0.1) is 0 Å². The van der Waals surface area contributed by atoms with Gasteiger partial charge < -0.3 is 10.1 Å². The fourth-order valence-electron chi connectivity index (χ4n) is 2.24. The first-order valence-electron chi connectivity index (χ1n) is 8.06. The first kappa shape index (κ1) is 22.0. The minimum absolute atomic E-state index is 0.0836. The van der Waals surface area contributed by atoms with Gasteiger partial charge in [-0.3, -0.25) is 9.10 Å². The molecular formula is C18H18Cl2N2O5S. The number of ether oxygens (including phenoxy) is 1. The van der Waals surface area contributed by atoms with E-state index in [9.17, 15) is 18.0 Å². The molecule has 1 amide bonds. The van der Waals surface area contributed by atoms with Crippen molar-refractivity contribution in [2.45, 2.75) is 6.92 Å². The summed E-state index contributed by atoms with van der Waals surface area (Å²) in [6.07, 6.45) is 1.05. The summed E-state index contributed by atoms with van der Waals surface area (Å²) in [7, 11) is -2.13. The average Bonchev–Trinajstić information content (AvgIpc) is 2.61. The van der Waals surface area contributed by atoms with Crippen LogP contribution in [-0.4, -0.2) is 40.2 Å². The summed E-state index contributed by atoms with van der Waals surface area (Å²) in [5.74, 6) is -1.13. The maximum Gasteiger partial charge on any atom is 0.339 e. The third-order valence-corrected chi connectivity index (χ3v) is 5.63. The lowest BCUT2D eigenvalue weighted by Gasteiger charge is -2.18. The summed E-state index contributed by atoms with van der Waals surface area (Å²) in [4.78, 5) is 24.4. The largest absolute Gasteiger partial charge is 0.462 e. The first-order valence-corrected chi connectivity index (χ1v) is 10.7. The topological polar surface area (TPSA) is 92.8 Å². The number of sulfonamides is 1. The van der Waals surface area contributed by atoms with Gasteiger partial charge in [0.15, 0.2) is 0 Å². The molecule has 0 unspecified atom stereocenters. The number of hydrogen-bond donors (Lipinski definition) is 1. The number of carbonyl (C=O) groups is 2. The van der Waals surface area contributed by atoms with E-state index >= 15 is 0 Å². The molecule has 0 aliphatic heterocycles. The Labute approximate surface area is 173 Å². The second-order valence-electron chi connectivity index (χ2n) is 5.76. The average molecular weight is 445 g/mol. The maximum absolute atomic E-state index is 12.6. The van der Waals surface area contributed by atoms with E-state index in [1.807, 2.05) is 0 Å². The molecule has 150 valence electrons. The van der Waals surface area contributed by atoms with Gasteiger partial charge >= 0.3 is 5.97 Å². The Morgan fingerprint density at radius 2 is 1.75 bits per heavy atom. The van der Waals surface area contributed by atoms with Gasteiger partial charge in [0.2, 0.25) is 10.0 Å². The second kappa shape index (κ2) is 8.81. The molecule has 2 aromatic carbocycles. The Kier molecular flexibility index (Phi) is 6.92. The zero-order chi connectivity index (χ0) is 21.1. The fraction of sp³-hybridized carbons (Fsp3) is 0.222. The highest BCUT2D eigenvalue weighted by Gasteiger charge is 2.18. The van der Waals surface area contributed by atoms with E-state index in [4.69, 9.17) is 27.9 Å². The molecule has 0 aliphatic rings. The van der Waals surface area contributed by atoms with E-state index in [2.05, 4.69) is 5.32 Å². The van der Waals surface area contributed by atoms with Gasteiger partial charge in [-0.05, 0) is 43.3 Å². The van der Waals surface area contributed by atoms with Crippen LogP contribution in [0.4, 0.5) is 11.4 Å². The molecule has 0 spiro atoms. The van der Waals surface area contributed by atoms with Gasteiger partial charge in [0.05, 0.1) is 39.7 Å². The monoisotopic (exact) mass is 444 g/mol. The quantitative estimate of drug-likeness (QED) is 0.683. The van der Waals surface area contributed by atoms with Crippen LogP contribution in [0.15, 0.2) is 36.4 Å². The highest BCUT2D eigenvalue weighted by molar-refractivity contribution is 7.92. The molecule has 7 nitrogen and oxygen atoms in total. The maximum atomic E-state index is 12.6. The van der Waals surface area contributed by atoms with Gasteiger partial charge in [0.25, 0.3) is 5.91 Å². The van der Waals surface area contributed by atoms with Gasteiger partial charge in [-0.25, -0.2) is 13.2 Å². The third kappa shape index (κ3) is 5.15. The highest BCUT2D eigenvalue weighted by Crippen LogP contribution is 2.26. The first-order chi connectivity index (χ1) is 13.0. The zero-order valence-corrected chi connectivity index (χ0v) is 17.7. The molecule has 0 aromatic heterocycles. The lowest BCUT2D eigenvalue weighted by molar-refractivity contribution is 0.0526. The SMILES string of the molecule is CCOC(=O)c1ccc(NC(=O)c2cc(N(C)S(C)(=O)=O)ccc2Cl)cc1Cl. The predicted molar refractivity (Wildman–Crippen MR) is 110 cm³/mol. The van der Waals surface area contributed by atoms with E-state index in [1.54, 1.807) is 6.92 Å². The predicted octanol–water partition coefficient (Wildman–Crippen LogP) is 3.82. The Hall–Kier alpha value is -2.29. The summed E-state index contributed by atoms with van der Waals surface area (Å²) < 4.78 is 29.3. The van der Waals surface area contributed by atoms with Crippen molar-refractivity contribution in [3.05, 3.63) is 57.6 Å². The molecule has 10 heteroatoms. The Morgan fingerprint density at radius 1 is 1.07 bits per heavy atom. The molecule has 0 heterocycles. The number of benzene rings is 2. The Balaban J connectivity index is 2.28. The number of carbonyl (C=O) groups excluding carboxylic acids is 2. The van der Waals surface area contributed by atoms with Gasteiger partial charge in [0, 0.05) is 12.7 Å². The van der Waals surface area contributed by atoms with Gasteiger partial charge in [-0.2, -0.15) is 0 Å². The smallest absolute Gasteiger partial charge is 0.339 e. The number of nitrogens with one attached hydrogen (secondary N) is 1. The summed E-state index contributed by atoms with van der Waals surface area (Å²) in [6, 6.07) is 8.64. The van der Waals surface area contributed by atoms with Crippen molar-refractivity contribution in [3.63, 3.8) is 0 Å². The summed E-state index contributed by atoms with van der Waals surface area (Å²) >= 11 is 12.2. The van der Waals surface area contributed by atoms with Crippen LogP contribution in [0.3, 0.4) is 0 Å².